The highest BCUT2D eigenvalue weighted by molar-refractivity contribution is 5.70. The maximum absolute atomic E-state index is 12.8. The number of ether oxygens (including phenoxy) is 1. The third kappa shape index (κ3) is 5.29. The van der Waals surface area contributed by atoms with Crippen molar-refractivity contribution in [1.29, 1.82) is 0 Å². The Balaban J connectivity index is 1.50. The first kappa shape index (κ1) is 21.9. The number of hydrogen-bond acceptors (Lipinski definition) is 7. The number of rotatable bonds is 5. The number of nitrogens with zero attached hydrogens (tertiary/aromatic N) is 3. The Morgan fingerprint density at radius 3 is 2.33 bits per heavy atom. The number of anilines is 4. The SMILES string of the molecule is Cc1ccc(-c2cc(Nc3ccc(Oc4ccnc(C(F)(F)F)c4)cc3)nc(N)n2)cc1N. The molecule has 0 saturated heterocycles. The van der Waals surface area contributed by atoms with Gasteiger partial charge in [-0.3, -0.25) is 4.98 Å². The van der Waals surface area contributed by atoms with Crippen LogP contribution in [-0.4, -0.2) is 15.0 Å². The number of benzene rings is 2. The van der Waals surface area contributed by atoms with E-state index in [1.807, 2.05) is 25.1 Å². The van der Waals surface area contributed by atoms with Gasteiger partial charge in [0.15, 0.2) is 0 Å². The Hall–Kier alpha value is -4.34. The molecule has 0 aliphatic carbocycles. The van der Waals surface area contributed by atoms with Gasteiger partial charge in [-0.15, -0.1) is 0 Å². The topological polar surface area (TPSA) is 112 Å². The van der Waals surface area contributed by atoms with Crippen LogP contribution < -0.4 is 21.5 Å². The van der Waals surface area contributed by atoms with Crippen molar-refractivity contribution in [2.75, 3.05) is 16.8 Å². The largest absolute Gasteiger partial charge is 0.457 e. The predicted molar refractivity (Wildman–Crippen MR) is 120 cm³/mol. The summed E-state index contributed by atoms with van der Waals surface area (Å²) in [7, 11) is 0. The van der Waals surface area contributed by atoms with Crippen molar-refractivity contribution in [2.45, 2.75) is 13.1 Å². The maximum atomic E-state index is 12.8. The molecule has 0 bridgehead atoms. The second-order valence-electron chi connectivity index (χ2n) is 7.19. The van der Waals surface area contributed by atoms with Crippen molar-refractivity contribution < 1.29 is 17.9 Å². The minimum Gasteiger partial charge on any atom is -0.457 e. The second kappa shape index (κ2) is 8.65. The first-order chi connectivity index (χ1) is 15.7. The number of aromatic nitrogens is 3. The van der Waals surface area contributed by atoms with Crippen LogP contribution in [0.5, 0.6) is 11.5 Å². The highest BCUT2D eigenvalue weighted by Crippen LogP contribution is 2.32. The first-order valence-corrected chi connectivity index (χ1v) is 9.76. The summed E-state index contributed by atoms with van der Waals surface area (Å²) in [5.41, 5.74) is 14.5. The molecule has 0 unspecified atom stereocenters. The smallest absolute Gasteiger partial charge is 0.433 e. The Labute approximate surface area is 187 Å². The van der Waals surface area contributed by atoms with E-state index in [2.05, 4.69) is 20.3 Å². The molecule has 2 aromatic heterocycles. The molecule has 4 aromatic rings. The Bertz CT molecular complexity index is 1290. The number of halogens is 3. The van der Waals surface area contributed by atoms with Gasteiger partial charge in [0.1, 0.15) is 23.0 Å². The molecule has 0 atom stereocenters. The molecule has 4 rings (SSSR count). The molecule has 2 aromatic carbocycles. The number of alkyl halides is 3. The number of pyridine rings is 1. The van der Waals surface area contributed by atoms with E-state index in [0.29, 0.717) is 28.6 Å². The predicted octanol–water partition coefficient (Wildman–Crippen LogP) is 5.57. The fourth-order valence-electron chi connectivity index (χ4n) is 3.00. The minimum atomic E-state index is -4.55. The molecule has 0 saturated carbocycles. The molecule has 0 aliphatic rings. The van der Waals surface area contributed by atoms with Gasteiger partial charge < -0.3 is 21.5 Å². The van der Waals surface area contributed by atoms with Crippen molar-refractivity contribution in [3.63, 3.8) is 0 Å². The van der Waals surface area contributed by atoms with Gasteiger partial charge in [-0.25, -0.2) is 4.98 Å². The minimum absolute atomic E-state index is 0.0311. The van der Waals surface area contributed by atoms with E-state index in [9.17, 15) is 13.2 Å². The number of nitrogens with one attached hydrogen (secondary N) is 1. The maximum Gasteiger partial charge on any atom is 0.433 e. The van der Waals surface area contributed by atoms with Crippen LogP contribution in [0.4, 0.5) is 36.3 Å². The second-order valence-corrected chi connectivity index (χ2v) is 7.19. The van der Waals surface area contributed by atoms with E-state index in [-0.39, 0.29) is 11.7 Å². The lowest BCUT2D eigenvalue weighted by atomic mass is 10.1. The molecule has 0 aliphatic heterocycles. The molecular weight excluding hydrogens is 433 g/mol. The summed E-state index contributed by atoms with van der Waals surface area (Å²) in [4.78, 5) is 11.8. The van der Waals surface area contributed by atoms with Crippen molar-refractivity contribution in [1.82, 2.24) is 15.0 Å². The first-order valence-electron chi connectivity index (χ1n) is 9.76. The van der Waals surface area contributed by atoms with Gasteiger partial charge in [0.2, 0.25) is 5.95 Å². The van der Waals surface area contributed by atoms with Crippen molar-refractivity contribution in [2.24, 2.45) is 0 Å². The Kier molecular flexibility index (Phi) is 5.74. The van der Waals surface area contributed by atoms with Gasteiger partial charge >= 0.3 is 6.18 Å². The number of aryl methyl sites for hydroxylation is 1. The lowest BCUT2D eigenvalue weighted by molar-refractivity contribution is -0.141. The van der Waals surface area contributed by atoms with Crippen molar-refractivity contribution in [3.8, 4) is 22.8 Å². The Morgan fingerprint density at radius 1 is 0.879 bits per heavy atom. The molecule has 5 N–H and O–H groups in total. The fraction of sp³-hybridized carbons (Fsp3) is 0.0870. The van der Waals surface area contributed by atoms with Gasteiger partial charge in [0, 0.05) is 35.3 Å². The van der Waals surface area contributed by atoms with Crippen LogP contribution in [0.15, 0.2) is 66.9 Å². The summed E-state index contributed by atoms with van der Waals surface area (Å²) in [5.74, 6) is 0.947. The van der Waals surface area contributed by atoms with Crippen LogP contribution in [0.1, 0.15) is 11.3 Å². The summed E-state index contributed by atoms with van der Waals surface area (Å²) < 4.78 is 44.0. The van der Waals surface area contributed by atoms with Gasteiger partial charge in [-0.05, 0) is 48.9 Å². The molecule has 0 spiro atoms. The molecule has 0 amide bonds. The van der Waals surface area contributed by atoms with Crippen LogP contribution in [-0.2, 0) is 6.18 Å². The van der Waals surface area contributed by atoms with Gasteiger partial charge in [0.25, 0.3) is 0 Å². The fourth-order valence-corrected chi connectivity index (χ4v) is 3.00. The lowest BCUT2D eigenvalue weighted by Gasteiger charge is -2.11. The zero-order valence-corrected chi connectivity index (χ0v) is 17.4. The van der Waals surface area contributed by atoms with Crippen LogP contribution in [0.3, 0.4) is 0 Å². The lowest BCUT2D eigenvalue weighted by Crippen LogP contribution is -2.07. The average molecular weight is 452 g/mol. The Morgan fingerprint density at radius 2 is 1.64 bits per heavy atom. The van der Waals surface area contributed by atoms with E-state index in [0.717, 1.165) is 23.4 Å². The van der Waals surface area contributed by atoms with Crippen LogP contribution >= 0.6 is 0 Å². The quantitative estimate of drug-likeness (QED) is 0.340. The molecule has 0 fully saturated rings. The third-order valence-electron chi connectivity index (χ3n) is 4.70. The van der Waals surface area contributed by atoms with E-state index >= 15 is 0 Å². The average Bonchev–Trinajstić information content (AvgIpc) is 2.76. The number of hydrogen-bond donors (Lipinski definition) is 3. The van der Waals surface area contributed by atoms with Gasteiger partial charge in [-0.2, -0.15) is 18.2 Å². The zero-order chi connectivity index (χ0) is 23.6. The standard InChI is InChI=1S/C23H19F3N6O/c1-13-2-3-14(10-18(13)27)19-12-21(32-22(28)31-19)30-15-4-6-16(7-5-15)33-17-8-9-29-20(11-17)23(24,25)26/h2-12H,27H2,1H3,(H3,28,30,31,32). The van der Waals surface area contributed by atoms with E-state index in [1.54, 1.807) is 30.3 Å². The van der Waals surface area contributed by atoms with Crippen LogP contribution in [0.2, 0.25) is 0 Å². The molecule has 0 radical (unpaired) electrons. The molecule has 33 heavy (non-hydrogen) atoms. The molecule has 7 nitrogen and oxygen atoms in total. The van der Waals surface area contributed by atoms with E-state index in [1.165, 1.54) is 6.07 Å². The molecular formula is C23H19F3N6O. The van der Waals surface area contributed by atoms with Gasteiger partial charge in [0.05, 0.1) is 5.69 Å². The number of nitrogen functional groups attached to an aromatic ring is 2. The summed E-state index contributed by atoms with van der Waals surface area (Å²) in [6.07, 6.45) is -3.50. The van der Waals surface area contributed by atoms with E-state index in [4.69, 9.17) is 16.2 Å². The van der Waals surface area contributed by atoms with Crippen LogP contribution in [0, 0.1) is 6.92 Å². The monoisotopic (exact) mass is 452 g/mol. The zero-order valence-electron chi connectivity index (χ0n) is 17.4. The van der Waals surface area contributed by atoms with E-state index < -0.39 is 11.9 Å². The normalized spacial score (nSPS) is 11.3. The van der Waals surface area contributed by atoms with Crippen molar-refractivity contribution in [3.05, 3.63) is 78.1 Å². The highest BCUT2D eigenvalue weighted by Gasteiger charge is 2.32. The summed E-state index contributed by atoms with van der Waals surface area (Å²) in [5, 5.41) is 3.12. The molecule has 168 valence electrons. The summed E-state index contributed by atoms with van der Waals surface area (Å²) in [6, 6.07) is 16.2. The summed E-state index contributed by atoms with van der Waals surface area (Å²) >= 11 is 0. The van der Waals surface area contributed by atoms with Gasteiger partial charge in [-0.1, -0.05) is 12.1 Å². The molecule has 2 heterocycles. The molecule has 10 heteroatoms. The third-order valence-corrected chi connectivity index (χ3v) is 4.70. The van der Waals surface area contributed by atoms with Crippen molar-refractivity contribution >= 4 is 23.1 Å². The number of nitrogens with two attached hydrogens (primary N) is 2. The highest BCUT2D eigenvalue weighted by atomic mass is 19.4. The summed E-state index contributed by atoms with van der Waals surface area (Å²) in [6.45, 7) is 1.91. The van der Waals surface area contributed by atoms with Crippen LogP contribution in [0.25, 0.3) is 11.3 Å².